The third-order valence-electron chi connectivity index (χ3n) is 11.9. The molecule has 0 saturated heterocycles. The molecular weight excluding hydrogens is 416 g/mol. The molecule has 0 radical (unpaired) electrons. The first kappa shape index (κ1) is 23.6. The highest BCUT2D eigenvalue weighted by Crippen LogP contribution is 2.73. The molecule has 5 aliphatic rings. The van der Waals surface area contributed by atoms with Gasteiger partial charge in [0.25, 0.3) is 0 Å². The molecule has 2 saturated carbocycles. The Morgan fingerprint density at radius 2 is 1.62 bits per heavy atom. The normalized spacial score (nSPS) is 49.0. The first-order valence-corrected chi connectivity index (χ1v) is 13.2. The Hall–Kier alpha value is -2.13. The summed E-state index contributed by atoms with van der Waals surface area (Å²) >= 11 is 0. The summed E-state index contributed by atoms with van der Waals surface area (Å²) in [5.41, 5.74) is 2.65. The molecule has 0 unspecified atom stereocenters. The highest BCUT2D eigenvalue weighted by molar-refractivity contribution is 6.04. The van der Waals surface area contributed by atoms with E-state index in [1.54, 1.807) is 0 Å². The summed E-state index contributed by atoms with van der Waals surface area (Å²) in [6.45, 7) is 16.0. The second-order valence-corrected chi connectivity index (χ2v) is 14.1. The molecule has 0 N–H and O–H groups in total. The lowest BCUT2D eigenvalue weighted by molar-refractivity contribution is -0.144. The van der Waals surface area contributed by atoms with Crippen molar-refractivity contribution >= 4 is 5.78 Å². The number of Topliss-reactive ketones (excluding diaryl/α,β-unsaturated/α-hetero) is 1. The van der Waals surface area contributed by atoms with Crippen LogP contribution in [0.2, 0.25) is 0 Å². The zero-order valence-electron chi connectivity index (χ0n) is 22.1. The van der Waals surface area contributed by atoms with Gasteiger partial charge in [0.05, 0.1) is 17.1 Å². The van der Waals surface area contributed by atoms with E-state index in [2.05, 4.69) is 78.8 Å². The van der Waals surface area contributed by atoms with Crippen molar-refractivity contribution in [3.8, 4) is 12.1 Å². The number of hydrogen-bond acceptors (Lipinski definition) is 3. The van der Waals surface area contributed by atoms with E-state index in [0.717, 1.165) is 32.1 Å². The Kier molecular flexibility index (Phi) is 4.69. The second kappa shape index (κ2) is 6.75. The summed E-state index contributed by atoms with van der Waals surface area (Å²) in [5, 5.41) is 19.8. The molecule has 3 nitrogen and oxygen atoms in total. The number of fused-ring (bicyclic) bond motifs is 6. The molecule has 5 rings (SSSR count). The summed E-state index contributed by atoms with van der Waals surface area (Å²) in [6.07, 6.45) is 14.3. The van der Waals surface area contributed by atoms with Crippen molar-refractivity contribution in [2.75, 3.05) is 0 Å². The van der Waals surface area contributed by atoms with Crippen LogP contribution in [0.15, 0.2) is 34.9 Å². The van der Waals surface area contributed by atoms with Crippen molar-refractivity contribution in [2.45, 2.75) is 93.4 Å². The van der Waals surface area contributed by atoms with E-state index in [0.29, 0.717) is 5.57 Å². The van der Waals surface area contributed by atoms with E-state index in [-0.39, 0.29) is 44.7 Å². The zero-order chi connectivity index (χ0) is 24.9. The number of allylic oxidation sites excluding steroid dienone is 6. The summed E-state index contributed by atoms with van der Waals surface area (Å²) in [4.78, 5) is 13.1. The first-order chi connectivity index (χ1) is 15.7. The minimum atomic E-state index is -0.521. The average Bonchev–Trinajstić information content (AvgIpc) is 2.78. The van der Waals surface area contributed by atoms with Gasteiger partial charge < -0.3 is 0 Å². The molecule has 3 heteroatoms. The highest BCUT2D eigenvalue weighted by Gasteiger charge is 2.66. The molecule has 0 aromatic carbocycles. The third-order valence-corrected chi connectivity index (χ3v) is 11.9. The van der Waals surface area contributed by atoms with E-state index in [1.165, 1.54) is 24.0 Å². The maximum absolute atomic E-state index is 13.1. The minimum absolute atomic E-state index is 0.0151. The summed E-state index contributed by atoms with van der Waals surface area (Å²) < 4.78 is 0. The van der Waals surface area contributed by atoms with Crippen LogP contribution < -0.4 is 0 Å². The fourth-order valence-corrected chi connectivity index (χ4v) is 9.40. The number of nitrogens with zero attached hydrogens (tertiary/aromatic N) is 2. The lowest BCUT2D eigenvalue weighted by Gasteiger charge is -2.67. The Labute approximate surface area is 206 Å². The molecule has 0 aromatic rings. The number of nitriles is 2. The van der Waals surface area contributed by atoms with Crippen LogP contribution in [-0.2, 0) is 4.79 Å². The molecule has 34 heavy (non-hydrogen) atoms. The van der Waals surface area contributed by atoms with Gasteiger partial charge in [0.1, 0.15) is 6.07 Å². The van der Waals surface area contributed by atoms with E-state index in [9.17, 15) is 15.3 Å². The van der Waals surface area contributed by atoms with Gasteiger partial charge in [0.2, 0.25) is 0 Å². The van der Waals surface area contributed by atoms with Crippen molar-refractivity contribution in [2.24, 2.45) is 44.3 Å². The van der Waals surface area contributed by atoms with Gasteiger partial charge in [-0.1, -0.05) is 65.3 Å². The van der Waals surface area contributed by atoms with Gasteiger partial charge in [0.15, 0.2) is 5.78 Å². The number of carbonyl (C=O) groups is 1. The number of carbonyl (C=O) groups excluding carboxylic acids is 1. The standard InChI is InChI=1S/C31H40N2O/c1-26(2)23-10-11-31(7)24(29(23,5)16-20(18-32)25(26)34)9-8-21-22-17-27(3,19-33)12-13-28(22,4)14-15-30(21,31)6/h8-9,16,23-24H,10-15,17H2,1-7H3/t23-,24+,27-,28+,29-,30+,31+/m0/s1. The van der Waals surface area contributed by atoms with Gasteiger partial charge in [-0.15, -0.1) is 0 Å². The molecule has 0 amide bonds. The Morgan fingerprint density at radius 1 is 0.941 bits per heavy atom. The second-order valence-electron chi connectivity index (χ2n) is 14.1. The van der Waals surface area contributed by atoms with Crippen LogP contribution in [0.5, 0.6) is 0 Å². The van der Waals surface area contributed by atoms with Crippen molar-refractivity contribution in [1.29, 1.82) is 10.5 Å². The smallest absolute Gasteiger partial charge is 0.178 e. The van der Waals surface area contributed by atoms with E-state index >= 15 is 0 Å². The quantitative estimate of drug-likeness (QED) is 0.380. The topological polar surface area (TPSA) is 64.7 Å². The summed E-state index contributed by atoms with van der Waals surface area (Å²) in [7, 11) is 0. The van der Waals surface area contributed by atoms with E-state index in [1.807, 2.05) is 0 Å². The van der Waals surface area contributed by atoms with E-state index < -0.39 is 5.41 Å². The predicted octanol–water partition coefficient (Wildman–Crippen LogP) is 7.47. The SMILES string of the molecule is CC1(C)C(=O)C(C#N)=C[C@]2(C)[C@H]3C=CC4=C5C[C@@](C)(C#N)CC[C@]5(C)CC[C@@]4(C)[C@]3(C)CC[C@@H]12. The molecular formula is C31H40N2O. The van der Waals surface area contributed by atoms with Gasteiger partial charge in [-0.2, -0.15) is 10.5 Å². The van der Waals surface area contributed by atoms with Crippen LogP contribution in [-0.4, -0.2) is 5.78 Å². The molecule has 0 bridgehead atoms. The van der Waals surface area contributed by atoms with Crippen molar-refractivity contribution in [1.82, 2.24) is 0 Å². The zero-order valence-corrected chi connectivity index (χ0v) is 22.1. The highest BCUT2D eigenvalue weighted by atomic mass is 16.1. The fraction of sp³-hybridized carbons (Fsp3) is 0.710. The van der Waals surface area contributed by atoms with Crippen LogP contribution >= 0.6 is 0 Å². The monoisotopic (exact) mass is 456 g/mol. The largest absolute Gasteiger partial charge is 0.293 e. The molecule has 180 valence electrons. The number of rotatable bonds is 0. The Bertz CT molecular complexity index is 1160. The summed E-state index contributed by atoms with van der Waals surface area (Å²) in [6, 6.07) is 4.89. The molecule has 0 aromatic heterocycles. The van der Waals surface area contributed by atoms with Gasteiger partial charge in [0, 0.05) is 5.41 Å². The maximum atomic E-state index is 13.1. The Morgan fingerprint density at radius 3 is 2.26 bits per heavy atom. The van der Waals surface area contributed by atoms with Crippen LogP contribution in [0.3, 0.4) is 0 Å². The molecule has 0 spiro atoms. The lowest BCUT2D eigenvalue weighted by atomic mass is 9.36. The minimum Gasteiger partial charge on any atom is -0.293 e. The van der Waals surface area contributed by atoms with Gasteiger partial charge in [-0.3, -0.25) is 4.79 Å². The van der Waals surface area contributed by atoms with Crippen molar-refractivity contribution < 1.29 is 4.79 Å². The fourth-order valence-electron chi connectivity index (χ4n) is 9.40. The van der Waals surface area contributed by atoms with Crippen molar-refractivity contribution in [3.05, 3.63) is 34.9 Å². The van der Waals surface area contributed by atoms with Crippen molar-refractivity contribution in [3.63, 3.8) is 0 Å². The maximum Gasteiger partial charge on any atom is 0.178 e. The number of ketones is 1. The van der Waals surface area contributed by atoms with E-state index in [4.69, 9.17) is 0 Å². The Balaban J connectivity index is 1.71. The van der Waals surface area contributed by atoms with Gasteiger partial charge >= 0.3 is 0 Å². The van der Waals surface area contributed by atoms with Crippen LogP contribution in [0, 0.1) is 67.0 Å². The summed E-state index contributed by atoms with van der Waals surface area (Å²) in [5.74, 6) is 0.524. The lowest BCUT2D eigenvalue weighted by Crippen LogP contribution is -2.61. The molecule has 0 aliphatic heterocycles. The van der Waals surface area contributed by atoms with Gasteiger partial charge in [-0.25, -0.2) is 0 Å². The van der Waals surface area contributed by atoms with Crippen LogP contribution in [0.4, 0.5) is 0 Å². The van der Waals surface area contributed by atoms with Gasteiger partial charge in [-0.05, 0) is 90.9 Å². The molecule has 5 aliphatic carbocycles. The first-order valence-electron chi connectivity index (χ1n) is 13.2. The third kappa shape index (κ3) is 2.65. The average molecular weight is 457 g/mol. The number of hydrogen-bond donors (Lipinski definition) is 0. The van der Waals surface area contributed by atoms with Crippen LogP contribution in [0.25, 0.3) is 0 Å². The molecule has 7 atom stereocenters. The van der Waals surface area contributed by atoms with Crippen LogP contribution in [0.1, 0.15) is 93.4 Å². The predicted molar refractivity (Wildman–Crippen MR) is 134 cm³/mol. The molecule has 2 fully saturated rings. The molecule has 0 heterocycles.